The Balaban J connectivity index is 2.30. The van der Waals surface area contributed by atoms with Crippen molar-refractivity contribution in [2.24, 2.45) is 10.8 Å². The molecule has 0 heterocycles. The summed E-state index contributed by atoms with van der Waals surface area (Å²) in [5.74, 6) is 1.60. The molecule has 0 aliphatic rings. The number of nitrogens with two attached hydrogens (primary N) is 1. The lowest BCUT2D eigenvalue weighted by atomic mass is 9.98. The van der Waals surface area contributed by atoms with E-state index in [1.54, 1.807) is 0 Å². The van der Waals surface area contributed by atoms with E-state index in [1.165, 1.54) is 24.3 Å². The molecule has 9 nitrogen and oxygen atoms in total. The first-order valence-corrected chi connectivity index (χ1v) is 9.92. The number of hydrogen-bond donors (Lipinski definition) is 5. The Hall–Kier alpha value is -4.14. The topological polar surface area (TPSA) is 146 Å². The van der Waals surface area contributed by atoms with Crippen LogP contribution in [0.1, 0.15) is 33.5 Å². The zero-order valence-corrected chi connectivity index (χ0v) is 18.1. The number of aliphatic imine (C=N–C) groups is 1. The molecule has 2 aromatic rings. The van der Waals surface area contributed by atoms with Gasteiger partial charge in [-0.1, -0.05) is 6.07 Å². The van der Waals surface area contributed by atoms with Crippen molar-refractivity contribution in [3.05, 3.63) is 58.7 Å². The third kappa shape index (κ3) is 7.97. The second-order valence-corrected chi connectivity index (χ2v) is 7.15. The van der Waals surface area contributed by atoms with Gasteiger partial charge in [-0.15, -0.1) is 0 Å². The van der Waals surface area contributed by atoms with Crippen LogP contribution in [0.15, 0.2) is 41.4 Å². The number of anilines is 1. The van der Waals surface area contributed by atoms with Crippen LogP contribution in [0.4, 0.5) is 37.7 Å². The van der Waals surface area contributed by atoms with E-state index in [0.717, 1.165) is 6.34 Å². The first kappa shape index (κ1) is 28.1. The lowest BCUT2D eigenvalue weighted by Gasteiger charge is -2.20. The maximum absolute atomic E-state index is 13.6. The second kappa shape index (κ2) is 11.5. The molecule has 36 heavy (non-hydrogen) atoms. The van der Waals surface area contributed by atoms with Gasteiger partial charge in [0.2, 0.25) is 5.91 Å². The fraction of sp³-hybridized carbons (Fsp3) is 0.238. The Morgan fingerprint density at radius 1 is 1.03 bits per heavy atom. The lowest BCUT2D eigenvalue weighted by Crippen LogP contribution is -2.33. The van der Waals surface area contributed by atoms with Crippen LogP contribution >= 0.6 is 0 Å². The van der Waals surface area contributed by atoms with Crippen molar-refractivity contribution in [3.8, 4) is 0 Å². The second-order valence-electron chi connectivity index (χ2n) is 7.15. The molecule has 2 amide bonds. The zero-order valence-electron chi connectivity index (χ0n) is 18.1. The summed E-state index contributed by atoms with van der Waals surface area (Å²) in [6.07, 6.45) is -10.9. The molecule has 0 bridgehead atoms. The summed E-state index contributed by atoms with van der Waals surface area (Å²) in [6.45, 7) is -0.840. The van der Waals surface area contributed by atoms with Gasteiger partial charge in [0.25, 0.3) is 5.91 Å². The first-order valence-electron chi connectivity index (χ1n) is 9.92. The highest BCUT2D eigenvalue weighted by molar-refractivity contribution is 6.00. The number of nitrogens with one attached hydrogen (secondary N) is 3. The molecule has 2 rings (SSSR count). The van der Waals surface area contributed by atoms with Crippen LogP contribution in [0.25, 0.3) is 0 Å². The number of alkyl halides is 6. The number of rotatable bonds is 9. The Bertz CT molecular complexity index is 1160. The number of halogens is 6. The van der Waals surface area contributed by atoms with Gasteiger partial charge in [0.1, 0.15) is 6.34 Å². The van der Waals surface area contributed by atoms with E-state index < -0.39 is 71.9 Å². The van der Waals surface area contributed by atoms with Crippen molar-refractivity contribution in [1.82, 2.24) is 10.7 Å². The fourth-order valence-corrected chi connectivity index (χ4v) is 2.96. The van der Waals surface area contributed by atoms with Crippen molar-refractivity contribution in [1.29, 1.82) is 0 Å². The first-order chi connectivity index (χ1) is 16.7. The van der Waals surface area contributed by atoms with Crippen LogP contribution in [0.5, 0.6) is 0 Å². The van der Waals surface area contributed by atoms with E-state index in [-0.39, 0.29) is 11.6 Å². The summed E-state index contributed by atoms with van der Waals surface area (Å²) in [5, 5.41) is 12.9. The van der Waals surface area contributed by atoms with Crippen molar-refractivity contribution in [2.75, 3.05) is 11.9 Å². The number of aryl methyl sites for hydroxylation is 1. The number of aliphatic carboxylic acids is 1. The van der Waals surface area contributed by atoms with E-state index in [4.69, 9.17) is 10.9 Å². The van der Waals surface area contributed by atoms with Gasteiger partial charge in [-0.3, -0.25) is 14.4 Å². The number of nitrogens with zero attached hydrogens (tertiary/aromatic N) is 1. The lowest BCUT2D eigenvalue weighted by molar-refractivity contribution is -0.142. The molecule has 0 saturated heterocycles. The molecule has 0 aliphatic carbocycles. The van der Waals surface area contributed by atoms with Crippen molar-refractivity contribution in [3.63, 3.8) is 0 Å². The highest BCUT2D eigenvalue weighted by Crippen LogP contribution is 2.41. The zero-order chi connectivity index (χ0) is 27.1. The smallest absolute Gasteiger partial charge is 0.418 e. The molecule has 0 atom stereocenters. The van der Waals surface area contributed by atoms with Crippen LogP contribution in [-0.4, -0.2) is 35.8 Å². The van der Waals surface area contributed by atoms with Gasteiger partial charge in [0.05, 0.1) is 29.0 Å². The third-order valence-corrected chi connectivity index (χ3v) is 4.53. The molecular formula is C21H19F6N5O4. The normalized spacial score (nSPS) is 11.9. The van der Waals surface area contributed by atoms with E-state index in [0.29, 0.717) is 11.8 Å². The van der Waals surface area contributed by atoms with Crippen molar-refractivity contribution < 1.29 is 45.8 Å². The minimum Gasteiger partial charge on any atom is -0.481 e. The number of benzene rings is 2. The number of carboxylic acids is 1. The summed E-state index contributed by atoms with van der Waals surface area (Å²) >= 11 is 0. The number of carboxylic acid groups (broad SMARTS) is 1. The van der Waals surface area contributed by atoms with Gasteiger partial charge in [0.15, 0.2) is 0 Å². The van der Waals surface area contributed by atoms with Crippen LogP contribution in [-0.2, 0) is 28.4 Å². The molecule has 0 unspecified atom stereocenters. The minimum absolute atomic E-state index is 0.0436. The number of amides is 2. The van der Waals surface area contributed by atoms with Gasteiger partial charge in [0, 0.05) is 12.0 Å². The Labute approximate surface area is 199 Å². The molecule has 0 saturated carbocycles. The molecule has 0 aromatic heterocycles. The molecular weight excluding hydrogens is 500 g/mol. The van der Waals surface area contributed by atoms with E-state index in [2.05, 4.69) is 15.7 Å². The largest absolute Gasteiger partial charge is 0.481 e. The molecule has 2 aromatic carbocycles. The van der Waals surface area contributed by atoms with Crippen molar-refractivity contribution >= 4 is 35.5 Å². The van der Waals surface area contributed by atoms with Crippen molar-refractivity contribution in [2.45, 2.75) is 25.2 Å². The molecule has 194 valence electrons. The summed E-state index contributed by atoms with van der Waals surface area (Å²) in [5.41, 5.74) is -2.66. The van der Waals surface area contributed by atoms with Gasteiger partial charge in [-0.25, -0.2) is 10.8 Å². The highest BCUT2D eigenvalue weighted by atomic mass is 19.4. The third-order valence-electron chi connectivity index (χ3n) is 4.53. The minimum atomic E-state index is -5.32. The average Bonchev–Trinajstić information content (AvgIpc) is 2.79. The Morgan fingerprint density at radius 3 is 2.31 bits per heavy atom. The predicted octanol–water partition coefficient (Wildman–Crippen LogP) is 3.23. The molecule has 0 fully saturated rings. The molecule has 6 N–H and O–H groups in total. The van der Waals surface area contributed by atoms with Crippen LogP contribution in [0.2, 0.25) is 0 Å². The Kier molecular flexibility index (Phi) is 9.00. The SMILES string of the molecule is NNC=Nc1cccc(C(=O)NCC(=O)Nc2c(CCC(=O)O)cc(C(F)(F)F)cc2C(F)(F)F)c1. The predicted molar refractivity (Wildman–Crippen MR) is 115 cm³/mol. The number of carbonyl (C=O) groups is 3. The van der Waals surface area contributed by atoms with Crippen LogP contribution in [0.3, 0.4) is 0 Å². The molecule has 0 radical (unpaired) electrons. The molecule has 0 aliphatic heterocycles. The van der Waals surface area contributed by atoms with Gasteiger partial charge < -0.3 is 21.2 Å². The Morgan fingerprint density at radius 2 is 1.72 bits per heavy atom. The standard InChI is InChI=1S/C21H19F6N5O4/c22-20(23,24)13-6-11(4-5-17(34)35)18(15(8-13)21(25,26)27)32-16(33)9-29-19(36)12-2-1-3-14(7-12)30-10-31-28/h1-3,6-8,10H,4-5,9,28H2,(H,29,36)(H,30,31)(H,32,33)(H,34,35). The number of carbonyl (C=O) groups excluding carboxylic acids is 2. The highest BCUT2D eigenvalue weighted by Gasteiger charge is 2.40. The van der Waals surface area contributed by atoms with Crippen LogP contribution in [0, 0.1) is 0 Å². The number of hydrazine groups is 1. The number of hydrogen-bond acceptors (Lipinski definition) is 5. The maximum Gasteiger partial charge on any atom is 0.418 e. The quantitative estimate of drug-likeness (QED) is 0.113. The summed E-state index contributed by atoms with van der Waals surface area (Å²) < 4.78 is 80.2. The average molecular weight is 519 g/mol. The van der Waals surface area contributed by atoms with Gasteiger partial charge >= 0.3 is 18.3 Å². The molecule has 15 heteroatoms. The van der Waals surface area contributed by atoms with E-state index >= 15 is 0 Å². The van der Waals surface area contributed by atoms with E-state index in [1.807, 2.05) is 5.32 Å². The summed E-state index contributed by atoms with van der Waals surface area (Å²) in [4.78, 5) is 39.4. The summed E-state index contributed by atoms with van der Waals surface area (Å²) in [7, 11) is 0. The molecule has 0 spiro atoms. The van der Waals surface area contributed by atoms with E-state index in [9.17, 15) is 40.7 Å². The summed E-state index contributed by atoms with van der Waals surface area (Å²) in [6, 6.07) is 5.84. The van der Waals surface area contributed by atoms with Gasteiger partial charge in [-0.05, 0) is 42.3 Å². The van der Waals surface area contributed by atoms with Gasteiger partial charge in [-0.2, -0.15) is 26.3 Å². The fourth-order valence-electron chi connectivity index (χ4n) is 2.96. The maximum atomic E-state index is 13.6. The van der Waals surface area contributed by atoms with Crippen LogP contribution < -0.4 is 21.9 Å². The monoisotopic (exact) mass is 519 g/mol.